The van der Waals surface area contributed by atoms with Crippen molar-refractivity contribution in [1.82, 2.24) is 9.55 Å². The van der Waals surface area contributed by atoms with E-state index in [1.165, 1.54) is 4.57 Å². The van der Waals surface area contributed by atoms with Crippen LogP contribution in [0, 0.1) is 11.6 Å². The third-order valence-electron chi connectivity index (χ3n) is 1.85. The van der Waals surface area contributed by atoms with Gasteiger partial charge in [-0.25, -0.2) is 4.79 Å². The van der Waals surface area contributed by atoms with Crippen molar-refractivity contribution in [2.45, 2.75) is 18.7 Å². The summed E-state index contributed by atoms with van der Waals surface area (Å²) in [6.45, 7) is 1.90. The lowest BCUT2D eigenvalue weighted by atomic mass is 10.4. The minimum absolute atomic E-state index is 0.0468. The molecule has 5 nitrogen and oxygen atoms in total. The minimum atomic E-state index is -0.367. The number of rotatable bonds is 4. The van der Waals surface area contributed by atoms with E-state index in [1.54, 1.807) is 6.92 Å². The van der Waals surface area contributed by atoms with Gasteiger partial charge in [0.25, 0.3) is 0 Å². The second-order valence-corrected chi connectivity index (χ2v) is 3.73. The van der Waals surface area contributed by atoms with E-state index in [-0.39, 0.29) is 25.6 Å². The Bertz CT molecular complexity index is 452. The number of aliphatic hydroxyl groups is 1. The van der Waals surface area contributed by atoms with Crippen molar-refractivity contribution in [3.63, 3.8) is 0 Å². The Balaban J connectivity index is 3.02. The van der Waals surface area contributed by atoms with Crippen LogP contribution in [0.5, 0.6) is 0 Å². The highest BCUT2D eigenvalue weighted by atomic mass is 32.1. The molecular weight excluding hydrogens is 236 g/mol. The van der Waals surface area contributed by atoms with E-state index in [0.717, 1.165) is 5.56 Å². The van der Waals surface area contributed by atoms with Crippen molar-refractivity contribution in [3.05, 3.63) is 20.7 Å². The van der Waals surface area contributed by atoms with Crippen molar-refractivity contribution in [2.75, 3.05) is 13.2 Å². The van der Waals surface area contributed by atoms with Crippen LogP contribution in [0.3, 0.4) is 0 Å². The molecule has 0 radical (unpaired) electrons. The fraction of sp³-hybridized carbons (Fsp3) is 0.500. The second kappa shape index (κ2) is 5.45. The molecule has 0 aliphatic carbocycles. The summed E-state index contributed by atoms with van der Waals surface area (Å²) in [5.41, 5.74) is 0.356. The summed E-state index contributed by atoms with van der Waals surface area (Å²) in [6, 6.07) is 0. The van der Waals surface area contributed by atoms with Crippen molar-refractivity contribution >= 4 is 24.8 Å². The van der Waals surface area contributed by atoms with Gasteiger partial charge < -0.3 is 9.84 Å². The average molecular weight is 248 g/mol. The van der Waals surface area contributed by atoms with Gasteiger partial charge in [0.2, 0.25) is 0 Å². The topological polar surface area (TPSA) is 67.2 Å². The molecule has 0 saturated carbocycles. The molecule has 1 rings (SSSR count). The summed E-state index contributed by atoms with van der Waals surface area (Å²) in [6.07, 6.45) is 0. The van der Waals surface area contributed by atoms with Crippen LogP contribution >= 0.6 is 24.8 Å². The van der Waals surface area contributed by atoms with Crippen molar-refractivity contribution in [3.8, 4) is 0 Å². The quantitative estimate of drug-likeness (QED) is 0.314. The Hall–Kier alpha value is -0.630. The molecule has 2 N–H and O–H groups in total. The molecule has 0 amide bonds. The zero-order valence-corrected chi connectivity index (χ0v) is 9.90. The summed E-state index contributed by atoms with van der Waals surface area (Å²) in [4.78, 5) is 14.0. The van der Waals surface area contributed by atoms with Gasteiger partial charge in [-0.1, -0.05) is 12.2 Å². The molecule has 1 heterocycles. The fourth-order valence-corrected chi connectivity index (χ4v) is 1.52. The standard InChI is InChI=1S/C8H12N2O3S2/c1-5-6(14)9-8(12)10(7(5)15)4-13-3-2-11/h11,15H,2-4H2,1H3,(H,9,12,14). The first-order chi connectivity index (χ1) is 7.07. The van der Waals surface area contributed by atoms with Crippen LogP contribution in [0.4, 0.5) is 0 Å². The first-order valence-electron chi connectivity index (χ1n) is 4.29. The smallest absolute Gasteiger partial charge is 0.329 e. The Morgan fingerprint density at radius 2 is 2.33 bits per heavy atom. The van der Waals surface area contributed by atoms with Gasteiger partial charge in [-0.3, -0.25) is 9.55 Å². The number of ether oxygens (including phenoxy) is 1. The monoisotopic (exact) mass is 248 g/mol. The number of H-pyrrole nitrogens is 1. The zero-order valence-electron chi connectivity index (χ0n) is 8.19. The molecule has 0 aromatic carbocycles. The van der Waals surface area contributed by atoms with Crippen LogP contribution in [0.15, 0.2) is 9.82 Å². The molecule has 0 spiro atoms. The van der Waals surface area contributed by atoms with E-state index < -0.39 is 0 Å². The minimum Gasteiger partial charge on any atom is -0.394 e. The molecule has 0 unspecified atom stereocenters. The van der Waals surface area contributed by atoms with Crippen molar-refractivity contribution < 1.29 is 9.84 Å². The molecule has 1 aromatic rings. The third-order valence-corrected chi connectivity index (χ3v) is 2.84. The number of nitrogens with zero attached hydrogens (tertiary/aromatic N) is 1. The maximum atomic E-state index is 11.5. The SMILES string of the molecule is Cc1c(S)n(COCCO)c(=O)[nH]c1=S. The number of aromatic nitrogens is 2. The average Bonchev–Trinajstić information content (AvgIpc) is 2.20. The van der Waals surface area contributed by atoms with Crippen molar-refractivity contribution in [2.24, 2.45) is 0 Å². The lowest BCUT2D eigenvalue weighted by molar-refractivity contribution is 0.0412. The molecular formula is C8H12N2O3S2. The van der Waals surface area contributed by atoms with E-state index in [9.17, 15) is 4.79 Å². The highest BCUT2D eigenvalue weighted by molar-refractivity contribution is 7.80. The molecule has 7 heteroatoms. The van der Waals surface area contributed by atoms with Gasteiger partial charge in [0.1, 0.15) is 11.4 Å². The lowest BCUT2D eigenvalue weighted by Gasteiger charge is -2.10. The van der Waals surface area contributed by atoms with E-state index >= 15 is 0 Å². The predicted molar refractivity (Wildman–Crippen MR) is 60.9 cm³/mol. The van der Waals surface area contributed by atoms with Gasteiger partial charge in [0.15, 0.2) is 0 Å². The lowest BCUT2D eigenvalue weighted by Crippen LogP contribution is -2.26. The van der Waals surface area contributed by atoms with E-state index in [2.05, 4.69) is 17.6 Å². The van der Waals surface area contributed by atoms with Crippen LogP contribution in [-0.4, -0.2) is 27.9 Å². The molecule has 0 bridgehead atoms. The van der Waals surface area contributed by atoms with Gasteiger partial charge in [0, 0.05) is 5.56 Å². The molecule has 0 aliphatic heterocycles. The summed E-state index contributed by atoms with van der Waals surface area (Å²) in [5.74, 6) is 0. The van der Waals surface area contributed by atoms with Crippen LogP contribution < -0.4 is 5.69 Å². The van der Waals surface area contributed by atoms with Crippen LogP contribution in [0.2, 0.25) is 0 Å². The summed E-state index contributed by atoms with van der Waals surface area (Å²) in [5, 5.41) is 9.00. The number of thiol groups is 1. The van der Waals surface area contributed by atoms with Gasteiger partial charge in [0.05, 0.1) is 18.2 Å². The maximum Gasteiger partial charge on any atom is 0.329 e. The highest BCUT2D eigenvalue weighted by Crippen LogP contribution is 2.10. The largest absolute Gasteiger partial charge is 0.394 e. The van der Waals surface area contributed by atoms with E-state index in [4.69, 9.17) is 22.1 Å². The number of hydrogen-bond donors (Lipinski definition) is 3. The Morgan fingerprint density at radius 1 is 1.67 bits per heavy atom. The van der Waals surface area contributed by atoms with Crippen molar-refractivity contribution in [1.29, 1.82) is 0 Å². The summed E-state index contributed by atoms with van der Waals surface area (Å²) < 4.78 is 6.72. The second-order valence-electron chi connectivity index (χ2n) is 2.90. The number of hydrogen-bond acceptors (Lipinski definition) is 5. The maximum absolute atomic E-state index is 11.5. The van der Waals surface area contributed by atoms with Gasteiger partial charge >= 0.3 is 5.69 Å². The molecule has 84 valence electrons. The normalized spacial score (nSPS) is 10.6. The van der Waals surface area contributed by atoms with Crippen LogP contribution in [-0.2, 0) is 11.5 Å². The van der Waals surface area contributed by atoms with Gasteiger partial charge in [-0.2, -0.15) is 0 Å². The molecule has 0 aliphatic rings. The molecule has 1 aromatic heterocycles. The predicted octanol–water partition coefficient (Wildman–Crippen LogP) is 0.469. The van der Waals surface area contributed by atoms with Gasteiger partial charge in [-0.15, -0.1) is 12.6 Å². The molecule has 0 saturated heterocycles. The van der Waals surface area contributed by atoms with Crippen LogP contribution in [0.25, 0.3) is 0 Å². The first kappa shape index (κ1) is 12.4. The number of nitrogens with one attached hydrogen (secondary N) is 1. The van der Waals surface area contributed by atoms with E-state index in [0.29, 0.717) is 9.67 Å². The first-order valence-corrected chi connectivity index (χ1v) is 5.14. The third kappa shape index (κ3) is 2.91. The Morgan fingerprint density at radius 3 is 2.93 bits per heavy atom. The molecule has 15 heavy (non-hydrogen) atoms. The summed E-state index contributed by atoms with van der Waals surface area (Å²) >= 11 is 9.11. The fourth-order valence-electron chi connectivity index (χ4n) is 0.999. The Kier molecular flexibility index (Phi) is 4.52. The zero-order chi connectivity index (χ0) is 11.4. The van der Waals surface area contributed by atoms with E-state index in [1.807, 2.05) is 0 Å². The molecule has 0 fully saturated rings. The van der Waals surface area contributed by atoms with Crippen LogP contribution in [0.1, 0.15) is 5.56 Å². The number of aromatic amines is 1. The van der Waals surface area contributed by atoms with Gasteiger partial charge in [-0.05, 0) is 6.92 Å². The number of aliphatic hydroxyl groups excluding tert-OH is 1. The molecule has 0 atom stereocenters. The summed E-state index contributed by atoms with van der Waals surface area (Å²) in [7, 11) is 0. The highest BCUT2D eigenvalue weighted by Gasteiger charge is 2.05. The Labute approximate surface area is 97.1 Å².